The van der Waals surface area contributed by atoms with Crippen LogP contribution in [0.3, 0.4) is 0 Å². The average Bonchev–Trinajstić information content (AvgIpc) is 2.95. The van der Waals surface area contributed by atoms with Gasteiger partial charge in [0.1, 0.15) is 17.2 Å². The predicted molar refractivity (Wildman–Crippen MR) is 65.0 cm³/mol. The van der Waals surface area contributed by atoms with E-state index in [1.165, 1.54) is 6.33 Å². The van der Waals surface area contributed by atoms with Gasteiger partial charge in [-0.15, -0.1) is 11.3 Å². The molecule has 0 fully saturated rings. The van der Waals surface area contributed by atoms with Gasteiger partial charge in [0.2, 0.25) is 0 Å². The molecule has 86 valence electrons. The molecule has 6 nitrogen and oxygen atoms in total. The molecule has 3 aromatic rings. The Morgan fingerprint density at radius 3 is 3.18 bits per heavy atom. The highest BCUT2D eigenvalue weighted by Crippen LogP contribution is 2.12. The SMILES string of the molecule is Cc1cc(NCc2nccs2)n2ncnc2n1. The second-order valence-electron chi connectivity index (χ2n) is 3.53. The molecule has 0 aromatic carbocycles. The van der Waals surface area contributed by atoms with Gasteiger partial charge in [-0.3, -0.25) is 0 Å². The number of rotatable bonds is 3. The topological polar surface area (TPSA) is 68.0 Å². The van der Waals surface area contributed by atoms with E-state index in [1.54, 1.807) is 22.0 Å². The fourth-order valence-electron chi connectivity index (χ4n) is 1.56. The maximum atomic E-state index is 4.28. The van der Waals surface area contributed by atoms with E-state index in [0.29, 0.717) is 12.3 Å². The third-order valence-electron chi connectivity index (χ3n) is 2.28. The third-order valence-corrected chi connectivity index (χ3v) is 3.06. The Hall–Kier alpha value is -2.02. The van der Waals surface area contributed by atoms with Gasteiger partial charge in [-0.1, -0.05) is 0 Å². The molecule has 7 heteroatoms. The van der Waals surface area contributed by atoms with Gasteiger partial charge in [0, 0.05) is 23.3 Å². The van der Waals surface area contributed by atoms with Crippen LogP contribution in [0.15, 0.2) is 24.0 Å². The van der Waals surface area contributed by atoms with E-state index in [-0.39, 0.29) is 0 Å². The summed E-state index contributed by atoms with van der Waals surface area (Å²) in [5.41, 5.74) is 0.909. The van der Waals surface area contributed by atoms with Crippen LogP contribution in [0, 0.1) is 6.92 Å². The zero-order chi connectivity index (χ0) is 11.7. The highest BCUT2D eigenvalue weighted by molar-refractivity contribution is 7.09. The minimum atomic E-state index is 0.603. The minimum Gasteiger partial charge on any atom is -0.363 e. The molecule has 3 rings (SSSR count). The quantitative estimate of drug-likeness (QED) is 0.758. The molecule has 0 aliphatic rings. The molecule has 1 N–H and O–H groups in total. The number of hydrogen-bond acceptors (Lipinski definition) is 6. The number of aryl methyl sites for hydroxylation is 1. The lowest BCUT2D eigenvalue weighted by Crippen LogP contribution is -2.06. The van der Waals surface area contributed by atoms with Gasteiger partial charge in [-0.05, 0) is 6.92 Å². The number of thiazole rings is 1. The standard InChI is InChI=1S/C10H10N6S/c1-7-4-8(12-5-9-11-2-3-17-9)16-10(15-7)13-6-14-16/h2-4,6,12H,5H2,1H3. The van der Waals surface area contributed by atoms with E-state index >= 15 is 0 Å². The fraction of sp³-hybridized carbons (Fsp3) is 0.200. The number of nitrogens with zero attached hydrogens (tertiary/aromatic N) is 5. The van der Waals surface area contributed by atoms with Gasteiger partial charge in [0.05, 0.1) is 6.54 Å². The van der Waals surface area contributed by atoms with Crippen molar-refractivity contribution in [2.75, 3.05) is 5.32 Å². The van der Waals surface area contributed by atoms with Crippen molar-refractivity contribution >= 4 is 22.9 Å². The summed E-state index contributed by atoms with van der Waals surface area (Å²) in [6.07, 6.45) is 3.29. The number of nitrogens with one attached hydrogen (secondary N) is 1. The van der Waals surface area contributed by atoms with Crippen LogP contribution in [0.25, 0.3) is 5.78 Å². The zero-order valence-electron chi connectivity index (χ0n) is 9.16. The lowest BCUT2D eigenvalue weighted by atomic mass is 10.4. The average molecular weight is 246 g/mol. The third kappa shape index (κ3) is 1.96. The molecule has 3 aromatic heterocycles. The van der Waals surface area contributed by atoms with Crippen LogP contribution < -0.4 is 5.32 Å². The maximum Gasteiger partial charge on any atom is 0.254 e. The number of aromatic nitrogens is 5. The summed E-state index contributed by atoms with van der Waals surface area (Å²) in [6, 6.07) is 1.94. The smallest absolute Gasteiger partial charge is 0.254 e. The first-order valence-corrected chi connectivity index (χ1v) is 6.00. The van der Waals surface area contributed by atoms with Gasteiger partial charge in [-0.25, -0.2) is 9.97 Å². The van der Waals surface area contributed by atoms with Crippen LogP contribution in [-0.2, 0) is 6.54 Å². The summed E-state index contributed by atoms with van der Waals surface area (Å²) in [5.74, 6) is 1.48. The lowest BCUT2D eigenvalue weighted by molar-refractivity contribution is 0.914. The molecule has 0 atom stereocenters. The molecule has 0 aliphatic heterocycles. The zero-order valence-corrected chi connectivity index (χ0v) is 9.98. The van der Waals surface area contributed by atoms with Crippen LogP contribution >= 0.6 is 11.3 Å². The maximum absolute atomic E-state index is 4.28. The molecule has 17 heavy (non-hydrogen) atoms. The van der Waals surface area contributed by atoms with Gasteiger partial charge >= 0.3 is 0 Å². The van der Waals surface area contributed by atoms with Gasteiger partial charge in [0.15, 0.2) is 0 Å². The second-order valence-corrected chi connectivity index (χ2v) is 4.51. The van der Waals surface area contributed by atoms with Crippen molar-refractivity contribution in [3.05, 3.63) is 34.7 Å². The van der Waals surface area contributed by atoms with Gasteiger partial charge in [-0.2, -0.15) is 14.6 Å². The van der Waals surface area contributed by atoms with Gasteiger partial charge < -0.3 is 5.32 Å². The normalized spacial score (nSPS) is 10.9. The van der Waals surface area contributed by atoms with Crippen molar-refractivity contribution in [3.63, 3.8) is 0 Å². The highest BCUT2D eigenvalue weighted by atomic mass is 32.1. The van der Waals surface area contributed by atoms with Crippen molar-refractivity contribution in [2.45, 2.75) is 13.5 Å². The Kier molecular flexibility index (Phi) is 2.45. The molecule has 0 bridgehead atoms. The Balaban J connectivity index is 1.91. The van der Waals surface area contributed by atoms with E-state index < -0.39 is 0 Å². The minimum absolute atomic E-state index is 0.603. The van der Waals surface area contributed by atoms with Crippen LogP contribution in [0.4, 0.5) is 5.82 Å². The molecule has 0 saturated heterocycles. The molecular formula is C10H10N6S. The Bertz CT molecular complexity index is 629. The van der Waals surface area contributed by atoms with Crippen LogP contribution in [0.1, 0.15) is 10.7 Å². The summed E-state index contributed by atoms with van der Waals surface area (Å²) in [7, 11) is 0. The largest absolute Gasteiger partial charge is 0.363 e. The summed E-state index contributed by atoms with van der Waals surface area (Å²) < 4.78 is 1.68. The summed E-state index contributed by atoms with van der Waals surface area (Å²) in [4.78, 5) is 12.6. The summed E-state index contributed by atoms with van der Waals surface area (Å²) >= 11 is 1.62. The molecule has 0 aliphatic carbocycles. The summed E-state index contributed by atoms with van der Waals surface area (Å²) in [5, 5.41) is 10.4. The van der Waals surface area contributed by atoms with Crippen LogP contribution in [-0.4, -0.2) is 24.6 Å². The Morgan fingerprint density at radius 2 is 2.35 bits per heavy atom. The molecule has 0 radical (unpaired) electrons. The van der Waals surface area contributed by atoms with Gasteiger partial charge in [0.25, 0.3) is 5.78 Å². The highest BCUT2D eigenvalue weighted by Gasteiger charge is 2.05. The predicted octanol–water partition coefficient (Wildman–Crippen LogP) is 1.50. The number of anilines is 1. The van der Waals surface area contributed by atoms with E-state index in [1.807, 2.05) is 18.4 Å². The Morgan fingerprint density at radius 1 is 1.41 bits per heavy atom. The second kappa shape index (κ2) is 4.10. The lowest BCUT2D eigenvalue weighted by Gasteiger charge is -2.06. The van der Waals surface area contributed by atoms with E-state index in [4.69, 9.17) is 0 Å². The molecular weight excluding hydrogens is 236 g/mol. The molecule has 0 spiro atoms. The van der Waals surface area contributed by atoms with E-state index in [9.17, 15) is 0 Å². The molecule has 3 heterocycles. The fourth-order valence-corrected chi connectivity index (χ4v) is 2.12. The molecule has 0 unspecified atom stereocenters. The molecule has 0 amide bonds. The van der Waals surface area contributed by atoms with Crippen molar-refractivity contribution in [2.24, 2.45) is 0 Å². The Labute approximate surface area is 101 Å². The van der Waals surface area contributed by atoms with E-state index in [2.05, 4.69) is 25.4 Å². The first-order chi connectivity index (χ1) is 8.33. The summed E-state index contributed by atoms with van der Waals surface area (Å²) in [6.45, 7) is 2.61. The van der Waals surface area contributed by atoms with Crippen molar-refractivity contribution < 1.29 is 0 Å². The molecule has 0 saturated carbocycles. The van der Waals surface area contributed by atoms with Crippen molar-refractivity contribution in [1.82, 2.24) is 24.6 Å². The first-order valence-electron chi connectivity index (χ1n) is 5.12. The van der Waals surface area contributed by atoms with Crippen molar-refractivity contribution in [1.29, 1.82) is 0 Å². The monoisotopic (exact) mass is 246 g/mol. The van der Waals surface area contributed by atoms with Crippen molar-refractivity contribution in [3.8, 4) is 0 Å². The van der Waals surface area contributed by atoms with Crippen LogP contribution in [0.2, 0.25) is 0 Å². The first kappa shape index (κ1) is 10.2. The van der Waals surface area contributed by atoms with Crippen LogP contribution in [0.5, 0.6) is 0 Å². The number of fused-ring (bicyclic) bond motifs is 1. The number of hydrogen-bond donors (Lipinski definition) is 1. The van der Waals surface area contributed by atoms with E-state index in [0.717, 1.165) is 16.5 Å².